The van der Waals surface area contributed by atoms with Gasteiger partial charge >= 0.3 is 0 Å². The zero-order valence-electron chi connectivity index (χ0n) is 13.4. The molecule has 1 aromatic carbocycles. The maximum atomic E-state index is 12.1. The third-order valence-electron chi connectivity index (χ3n) is 3.33. The van der Waals surface area contributed by atoms with Gasteiger partial charge in [0.2, 0.25) is 6.79 Å². The zero-order valence-corrected chi connectivity index (χ0v) is 14.2. The van der Waals surface area contributed by atoms with Crippen LogP contribution in [0.5, 0.6) is 17.2 Å². The smallest absolute Gasteiger partial charge is 0.279 e. The summed E-state index contributed by atoms with van der Waals surface area (Å²) in [5.41, 5.74) is 5.09. The van der Waals surface area contributed by atoms with E-state index in [4.69, 9.17) is 30.8 Å². The first-order valence-electron chi connectivity index (χ1n) is 7.54. The lowest BCUT2D eigenvalue weighted by Gasteiger charge is -2.16. The summed E-state index contributed by atoms with van der Waals surface area (Å²) in [4.78, 5) is 12.1. The van der Waals surface area contributed by atoms with Gasteiger partial charge in [-0.2, -0.15) is 0 Å². The number of carbonyl (C=O) groups is 1. The average Bonchev–Trinajstić information content (AvgIpc) is 3.28. The first-order valence-corrected chi connectivity index (χ1v) is 7.95. The van der Waals surface area contributed by atoms with Crippen molar-refractivity contribution in [2.75, 3.05) is 6.79 Å². The summed E-state index contributed by atoms with van der Waals surface area (Å²) in [6.07, 6.45) is 0.838. The predicted molar refractivity (Wildman–Crippen MR) is 92.1 cm³/mol. The molecule has 0 saturated heterocycles. The van der Waals surface area contributed by atoms with Crippen molar-refractivity contribution in [2.45, 2.75) is 19.6 Å². The molecule has 1 amide bonds. The second-order valence-electron chi connectivity index (χ2n) is 5.15. The highest BCUT2D eigenvalue weighted by Crippen LogP contribution is 2.35. The average molecular weight is 363 g/mol. The molecule has 1 aliphatic rings. The summed E-state index contributed by atoms with van der Waals surface area (Å²) in [7, 11) is 0. The van der Waals surface area contributed by atoms with Crippen LogP contribution in [0.15, 0.2) is 41.0 Å². The van der Waals surface area contributed by atoms with Gasteiger partial charge < -0.3 is 23.9 Å². The van der Waals surface area contributed by atoms with E-state index in [1.54, 1.807) is 37.5 Å². The molecule has 3 rings (SSSR count). The molecule has 0 unspecified atom stereocenters. The molecule has 0 saturated carbocycles. The number of furan rings is 1. The number of hydrogen-bond donors (Lipinski definition) is 3. The quantitative estimate of drug-likeness (QED) is 0.543. The molecule has 2 aromatic rings. The number of hydrogen-bond acceptors (Lipinski definition) is 6. The zero-order chi connectivity index (χ0) is 17.6. The fourth-order valence-corrected chi connectivity index (χ4v) is 2.18. The monoisotopic (exact) mass is 363 g/mol. The van der Waals surface area contributed by atoms with Gasteiger partial charge in [-0.25, -0.2) is 0 Å². The molecule has 0 bridgehead atoms. The van der Waals surface area contributed by atoms with E-state index < -0.39 is 6.10 Å². The van der Waals surface area contributed by atoms with E-state index in [9.17, 15) is 4.79 Å². The SMILES string of the molecule is C[C@H](Oc1ccc2c(c1)OCO2)C(=O)NNC(=S)NCc1ccco1. The number of nitrogens with one attached hydrogen (secondary N) is 3. The van der Waals surface area contributed by atoms with Crippen LogP contribution < -0.4 is 30.4 Å². The minimum absolute atomic E-state index is 0.182. The van der Waals surface area contributed by atoms with Crippen molar-refractivity contribution in [3.8, 4) is 17.2 Å². The van der Waals surface area contributed by atoms with Crippen molar-refractivity contribution in [2.24, 2.45) is 0 Å². The normalized spacial score (nSPS) is 13.0. The summed E-state index contributed by atoms with van der Waals surface area (Å²) < 4.78 is 21.3. The van der Waals surface area contributed by atoms with Crippen LogP contribution in [0.1, 0.15) is 12.7 Å². The molecule has 1 atom stereocenters. The number of hydrazine groups is 1. The maximum Gasteiger partial charge on any atom is 0.279 e. The molecule has 8 nitrogen and oxygen atoms in total. The molecule has 1 aromatic heterocycles. The molecule has 3 N–H and O–H groups in total. The van der Waals surface area contributed by atoms with E-state index in [1.807, 2.05) is 6.07 Å². The summed E-state index contributed by atoms with van der Waals surface area (Å²) in [6.45, 7) is 2.22. The second kappa shape index (κ2) is 7.75. The summed E-state index contributed by atoms with van der Waals surface area (Å²) in [6, 6.07) is 8.71. The van der Waals surface area contributed by atoms with Crippen molar-refractivity contribution in [3.05, 3.63) is 42.4 Å². The molecular weight excluding hydrogens is 346 g/mol. The molecule has 2 heterocycles. The van der Waals surface area contributed by atoms with Crippen LogP contribution in [0.3, 0.4) is 0 Å². The van der Waals surface area contributed by atoms with Crippen molar-refractivity contribution in [1.82, 2.24) is 16.2 Å². The fourth-order valence-electron chi connectivity index (χ4n) is 2.05. The molecule has 132 valence electrons. The van der Waals surface area contributed by atoms with Crippen molar-refractivity contribution < 1.29 is 23.4 Å². The van der Waals surface area contributed by atoms with Crippen LogP contribution in [0.2, 0.25) is 0 Å². The number of benzene rings is 1. The van der Waals surface area contributed by atoms with E-state index in [0.717, 1.165) is 5.76 Å². The van der Waals surface area contributed by atoms with Crippen molar-refractivity contribution in [1.29, 1.82) is 0 Å². The Hall–Kier alpha value is -2.94. The maximum absolute atomic E-state index is 12.1. The van der Waals surface area contributed by atoms with Gasteiger partial charge in [-0.1, -0.05) is 0 Å². The lowest BCUT2D eigenvalue weighted by Crippen LogP contribution is -2.50. The van der Waals surface area contributed by atoms with E-state index >= 15 is 0 Å². The minimum Gasteiger partial charge on any atom is -0.481 e. The van der Waals surface area contributed by atoms with Crippen LogP contribution in [-0.2, 0) is 11.3 Å². The molecule has 0 spiro atoms. The van der Waals surface area contributed by atoms with E-state index in [2.05, 4.69) is 16.2 Å². The lowest BCUT2D eigenvalue weighted by molar-refractivity contribution is -0.127. The van der Waals surface area contributed by atoms with E-state index in [0.29, 0.717) is 23.8 Å². The Morgan fingerprint density at radius 1 is 1.28 bits per heavy atom. The van der Waals surface area contributed by atoms with Gasteiger partial charge in [0.1, 0.15) is 11.5 Å². The topological polar surface area (TPSA) is 94.0 Å². The third kappa shape index (κ3) is 4.54. The number of thiocarbonyl (C=S) groups is 1. The van der Waals surface area contributed by atoms with Crippen LogP contribution in [0.4, 0.5) is 0 Å². The second-order valence-corrected chi connectivity index (χ2v) is 5.56. The first kappa shape index (κ1) is 16.9. The highest BCUT2D eigenvalue weighted by molar-refractivity contribution is 7.80. The Morgan fingerprint density at radius 3 is 2.92 bits per heavy atom. The fraction of sp³-hybridized carbons (Fsp3) is 0.250. The molecule has 0 aliphatic carbocycles. The van der Waals surface area contributed by atoms with Crippen molar-refractivity contribution >= 4 is 23.2 Å². The Balaban J connectivity index is 1.42. The van der Waals surface area contributed by atoms with E-state index in [1.165, 1.54) is 0 Å². The van der Waals surface area contributed by atoms with Gasteiger partial charge in [0.05, 0.1) is 12.8 Å². The number of carbonyl (C=O) groups excluding carboxylic acids is 1. The first-order chi connectivity index (χ1) is 12.1. The largest absolute Gasteiger partial charge is 0.481 e. The van der Waals surface area contributed by atoms with Gasteiger partial charge in [0.15, 0.2) is 22.7 Å². The summed E-state index contributed by atoms with van der Waals surface area (Å²) >= 11 is 5.07. The number of amides is 1. The molecule has 1 aliphatic heterocycles. The Labute approximate surface area is 149 Å². The van der Waals surface area contributed by atoms with E-state index in [-0.39, 0.29) is 17.8 Å². The lowest BCUT2D eigenvalue weighted by atomic mass is 10.3. The summed E-state index contributed by atoms with van der Waals surface area (Å²) in [5.74, 6) is 2.10. The van der Waals surface area contributed by atoms with Gasteiger partial charge in [-0.15, -0.1) is 0 Å². The summed E-state index contributed by atoms with van der Waals surface area (Å²) in [5, 5.41) is 3.16. The van der Waals surface area contributed by atoms with Gasteiger partial charge in [-0.05, 0) is 43.4 Å². The molecule has 0 fully saturated rings. The minimum atomic E-state index is -0.735. The van der Waals surface area contributed by atoms with Crippen LogP contribution in [0, 0.1) is 0 Å². The molecule has 0 radical (unpaired) electrons. The Kier molecular flexibility index (Phi) is 5.24. The standard InChI is InChI=1S/C16H17N3O5S/c1-10(24-11-4-5-13-14(7-11)23-9-22-13)15(20)18-19-16(25)17-8-12-3-2-6-21-12/h2-7,10H,8-9H2,1H3,(H,18,20)(H2,17,19,25)/t10-/m0/s1. The predicted octanol–water partition coefficient (Wildman–Crippen LogP) is 1.47. The third-order valence-corrected chi connectivity index (χ3v) is 3.58. The Morgan fingerprint density at radius 2 is 2.12 bits per heavy atom. The van der Waals surface area contributed by atoms with Crippen LogP contribution >= 0.6 is 12.2 Å². The highest BCUT2D eigenvalue weighted by Gasteiger charge is 2.18. The number of rotatable bonds is 5. The molecule has 25 heavy (non-hydrogen) atoms. The van der Waals surface area contributed by atoms with Crippen LogP contribution in [0.25, 0.3) is 0 Å². The molecule has 9 heteroatoms. The van der Waals surface area contributed by atoms with Crippen molar-refractivity contribution in [3.63, 3.8) is 0 Å². The highest BCUT2D eigenvalue weighted by atomic mass is 32.1. The van der Waals surface area contributed by atoms with Gasteiger partial charge in [0.25, 0.3) is 5.91 Å². The molecular formula is C16H17N3O5S. The number of fused-ring (bicyclic) bond motifs is 1. The van der Waals surface area contributed by atoms with Crippen LogP contribution in [-0.4, -0.2) is 23.9 Å². The van der Waals surface area contributed by atoms with Gasteiger partial charge in [-0.3, -0.25) is 15.6 Å². The van der Waals surface area contributed by atoms with Gasteiger partial charge in [0, 0.05) is 6.07 Å². The Bertz CT molecular complexity index is 750. The number of ether oxygens (including phenoxy) is 3.